The van der Waals surface area contributed by atoms with Crippen molar-refractivity contribution in [3.05, 3.63) is 53.9 Å². The molecule has 142 valence electrons. The summed E-state index contributed by atoms with van der Waals surface area (Å²) in [6, 6.07) is 12.9. The first-order valence-electron chi connectivity index (χ1n) is 9.07. The number of benzene rings is 2. The number of hydrogen-bond donors (Lipinski definition) is 1. The summed E-state index contributed by atoms with van der Waals surface area (Å²) in [6.45, 7) is 4.93. The maximum atomic E-state index is 12.7. The fourth-order valence-electron chi connectivity index (χ4n) is 3.21. The van der Waals surface area contributed by atoms with Crippen molar-refractivity contribution in [2.24, 2.45) is 0 Å². The van der Waals surface area contributed by atoms with E-state index in [1.165, 1.54) is 0 Å². The second-order valence-corrected chi connectivity index (χ2v) is 6.38. The molecular formula is C21H25N3O3. The summed E-state index contributed by atoms with van der Waals surface area (Å²) in [5.74, 6) is 1.79. The van der Waals surface area contributed by atoms with Crippen molar-refractivity contribution in [1.82, 2.24) is 14.9 Å². The van der Waals surface area contributed by atoms with Gasteiger partial charge in [0.05, 0.1) is 31.3 Å². The first kappa shape index (κ1) is 18.8. The number of para-hydroxylation sites is 2. The Morgan fingerprint density at radius 3 is 2.59 bits per heavy atom. The van der Waals surface area contributed by atoms with Gasteiger partial charge >= 0.3 is 0 Å². The number of amides is 1. The van der Waals surface area contributed by atoms with Crippen LogP contribution in [0.3, 0.4) is 0 Å². The molecule has 27 heavy (non-hydrogen) atoms. The van der Waals surface area contributed by atoms with Gasteiger partial charge in [-0.2, -0.15) is 0 Å². The van der Waals surface area contributed by atoms with Crippen molar-refractivity contribution < 1.29 is 14.3 Å². The van der Waals surface area contributed by atoms with Crippen molar-refractivity contribution >= 4 is 16.9 Å². The normalized spacial score (nSPS) is 12.0. The molecule has 3 rings (SSSR count). The molecule has 0 aliphatic carbocycles. The molecule has 0 spiro atoms. The smallest absolute Gasteiger partial charge is 0.251 e. The van der Waals surface area contributed by atoms with Crippen LogP contribution in [0.15, 0.2) is 42.5 Å². The fourth-order valence-corrected chi connectivity index (χ4v) is 3.21. The number of carbonyl (C=O) groups excluding carboxylic acids is 1. The molecule has 6 nitrogen and oxygen atoms in total. The van der Waals surface area contributed by atoms with Gasteiger partial charge in [-0.1, -0.05) is 19.1 Å². The van der Waals surface area contributed by atoms with E-state index in [2.05, 4.69) is 22.9 Å². The first-order chi connectivity index (χ1) is 13.1. The summed E-state index contributed by atoms with van der Waals surface area (Å²) in [7, 11) is 3.12. The van der Waals surface area contributed by atoms with Crippen LogP contribution >= 0.6 is 0 Å². The summed E-state index contributed by atoms with van der Waals surface area (Å²) >= 11 is 0. The molecule has 0 saturated carbocycles. The van der Waals surface area contributed by atoms with Gasteiger partial charge in [0.1, 0.15) is 5.82 Å². The number of nitrogens with one attached hydrogen (secondary N) is 1. The van der Waals surface area contributed by atoms with E-state index in [-0.39, 0.29) is 11.9 Å². The summed E-state index contributed by atoms with van der Waals surface area (Å²) in [5.41, 5.74) is 2.53. The van der Waals surface area contributed by atoms with Gasteiger partial charge in [0, 0.05) is 12.1 Å². The van der Waals surface area contributed by atoms with Crippen molar-refractivity contribution in [3.63, 3.8) is 0 Å². The molecule has 1 atom stereocenters. The van der Waals surface area contributed by atoms with E-state index in [1.54, 1.807) is 32.4 Å². The van der Waals surface area contributed by atoms with Crippen molar-refractivity contribution in [3.8, 4) is 11.5 Å². The monoisotopic (exact) mass is 367 g/mol. The van der Waals surface area contributed by atoms with Gasteiger partial charge in [-0.15, -0.1) is 0 Å². The predicted molar refractivity (Wildman–Crippen MR) is 105 cm³/mol. The van der Waals surface area contributed by atoms with Crippen LogP contribution in [-0.2, 0) is 6.54 Å². The van der Waals surface area contributed by atoms with Gasteiger partial charge in [-0.25, -0.2) is 4.98 Å². The number of hydrogen-bond acceptors (Lipinski definition) is 4. The van der Waals surface area contributed by atoms with Crippen LogP contribution in [0.5, 0.6) is 11.5 Å². The Hall–Kier alpha value is -3.02. The molecule has 3 aromatic rings. The van der Waals surface area contributed by atoms with Gasteiger partial charge in [-0.3, -0.25) is 4.79 Å². The Kier molecular flexibility index (Phi) is 5.64. The number of aryl methyl sites for hydroxylation is 1. The molecule has 0 aliphatic rings. The minimum atomic E-state index is -0.232. The van der Waals surface area contributed by atoms with E-state index in [0.717, 1.165) is 29.8 Å². The lowest BCUT2D eigenvalue weighted by molar-refractivity contribution is 0.0937. The van der Waals surface area contributed by atoms with Gasteiger partial charge in [-0.05, 0) is 43.7 Å². The van der Waals surface area contributed by atoms with Crippen LogP contribution in [0.1, 0.15) is 42.5 Å². The molecule has 6 heteroatoms. The number of rotatable bonds is 7. The van der Waals surface area contributed by atoms with Crippen LogP contribution in [-0.4, -0.2) is 29.7 Å². The second kappa shape index (κ2) is 8.12. The minimum absolute atomic E-state index is 0.182. The van der Waals surface area contributed by atoms with Crippen molar-refractivity contribution in [2.75, 3.05) is 14.2 Å². The molecule has 0 aliphatic heterocycles. The third-order valence-corrected chi connectivity index (χ3v) is 4.51. The SMILES string of the molecule is CCCn1c([C@@H](C)NC(=O)c2ccc(OC)c(OC)c2)nc2ccccc21. The summed E-state index contributed by atoms with van der Waals surface area (Å²) in [4.78, 5) is 17.5. The summed E-state index contributed by atoms with van der Waals surface area (Å²) < 4.78 is 12.7. The zero-order valence-electron chi connectivity index (χ0n) is 16.2. The van der Waals surface area contributed by atoms with Gasteiger partial charge in [0.25, 0.3) is 5.91 Å². The van der Waals surface area contributed by atoms with E-state index in [9.17, 15) is 4.79 Å². The number of methoxy groups -OCH3 is 2. The highest BCUT2D eigenvalue weighted by molar-refractivity contribution is 5.95. The fraction of sp³-hybridized carbons (Fsp3) is 0.333. The number of ether oxygens (including phenoxy) is 2. The second-order valence-electron chi connectivity index (χ2n) is 6.38. The number of aromatic nitrogens is 2. The highest BCUT2D eigenvalue weighted by Crippen LogP contribution is 2.28. The van der Waals surface area contributed by atoms with E-state index >= 15 is 0 Å². The molecule has 1 N–H and O–H groups in total. The highest BCUT2D eigenvalue weighted by atomic mass is 16.5. The average molecular weight is 367 g/mol. The van der Waals surface area contributed by atoms with E-state index in [4.69, 9.17) is 14.5 Å². The quantitative estimate of drug-likeness (QED) is 0.687. The maximum absolute atomic E-state index is 12.7. The van der Waals surface area contributed by atoms with Crippen LogP contribution < -0.4 is 14.8 Å². The Balaban J connectivity index is 1.87. The Morgan fingerprint density at radius 1 is 1.15 bits per heavy atom. The van der Waals surface area contributed by atoms with E-state index < -0.39 is 0 Å². The number of fused-ring (bicyclic) bond motifs is 1. The van der Waals surface area contributed by atoms with E-state index in [0.29, 0.717) is 17.1 Å². The molecule has 2 aromatic carbocycles. The third kappa shape index (κ3) is 3.74. The van der Waals surface area contributed by atoms with Gasteiger partial charge in [0.2, 0.25) is 0 Å². The van der Waals surface area contributed by atoms with Crippen LogP contribution in [0, 0.1) is 0 Å². The molecule has 1 heterocycles. The first-order valence-corrected chi connectivity index (χ1v) is 9.07. The standard InChI is InChI=1S/C21H25N3O3/c1-5-12-24-17-9-7-6-8-16(17)23-20(24)14(2)22-21(25)15-10-11-18(26-3)19(13-15)27-4/h6-11,13-14H,5,12H2,1-4H3,(H,22,25)/t14-/m1/s1. The highest BCUT2D eigenvalue weighted by Gasteiger charge is 2.19. The van der Waals surface area contributed by atoms with Crippen molar-refractivity contribution in [1.29, 1.82) is 0 Å². The van der Waals surface area contributed by atoms with Gasteiger partial charge < -0.3 is 19.4 Å². The van der Waals surface area contributed by atoms with Crippen LogP contribution in [0.25, 0.3) is 11.0 Å². The predicted octanol–water partition coefficient (Wildman–Crippen LogP) is 3.95. The number of imidazole rings is 1. The Morgan fingerprint density at radius 2 is 1.89 bits per heavy atom. The molecule has 0 saturated heterocycles. The molecule has 1 aromatic heterocycles. The maximum Gasteiger partial charge on any atom is 0.251 e. The lowest BCUT2D eigenvalue weighted by Crippen LogP contribution is -2.28. The minimum Gasteiger partial charge on any atom is -0.493 e. The van der Waals surface area contributed by atoms with Crippen molar-refractivity contribution in [2.45, 2.75) is 32.9 Å². The average Bonchev–Trinajstić information content (AvgIpc) is 3.06. The molecular weight excluding hydrogens is 342 g/mol. The largest absolute Gasteiger partial charge is 0.493 e. The lowest BCUT2D eigenvalue weighted by atomic mass is 10.1. The molecule has 0 fully saturated rings. The zero-order chi connectivity index (χ0) is 19.4. The van der Waals surface area contributed by atoms with Crippen LogP contribution in [0.4, 0.5) is 0 Å². The Bertz CT molecular complexity index is 949. The molecule has 1 amide bonds. The van der Waals surface area contributed by atoms with Crippen LogP contribution in [0.2, 0.25) is 0 Å². The summed E-state index contributed by atoms with van der Waals surface area (Å²) in [5, 5.41) is 3.04. The lowest BCUT2D eigenvalue weighted by Gasteiger charge is -2.16. The topological polar surface area (TPSA) is 65.4 Å². The third-order valence-electron chi connectivity index (χ3n) is 4.51. The molecule has 0 bridgehead atoms. The Labute approximate surface area is 159 Å². The van der Waals surface area contributed by atoms with E-state index in [1.807, 2.05) is 25.1 Å². The molecule has 0 radical (unpaired) electrons. The van der Waals surface area contributed by atoms with Gasteiger partial charge in [0.15, 0.2) is 11.5 Å². The number of carbonyl (C=O) groups is 1. The molecule has 0 unspecified atom stereocenters. The zero-order valence-corrected chi connectivity index (χ0v) is 16.2. The summed E-state index contributed by atoms with van der Waals surface area (Å²) in [6.07, 6.45) is 0.990. The number of nitrogens with zero attached hydrogens (tertiary/aromatic N) is 2.